The summed E-state index contributed by atoms with van der Waals surface area (Å²) in [7, 11) is 0. The topological polar surface area (TPSA) is 70.7 Å². The average molecular weight is 466 g/mol. The van der Waals surface area contributed by atoms with Gasteiger partial charge in [-0.15, -0.1) is 11.3 Å². The number of Topliss-reactive ketones (excluding diaryl/α,β-unsaturated/α-hetero) is 1. The molecule has 3 heterocycles. The lowest BCUT2D eigenvalue weighted by Gasteiger charge is -2.37. The second-order valence-electron chi connectivity index (χ2n) is 9.96. The SMILES string of the molecule is CC1(C)CC(=O)C2=C(C1)Nc1ccccc1N(CC(=O)NC[C@H]1CCCO1)[C@@H]2c1cccs1. The number of fused-ring (bicyclic) bond motifs is 1. The van der Waals surface area contributed by atoms with Gasteiger partial charge in [-0.2, -0.15) is 0 Å². The Labute approximate surface area is 199 Å². The largest absolute Gasteiger partial charge is 0.376 e. The van der Waals surface area contributed by atoms with Crippen molar-refractivity contribution in [2.75, 3.05) is 29.9 Å². The standard InChI is InChI=1S/C26H31N3O3S/c1-26(2)13-19-24(21(30)14-26)25(22-10-6-12-33-22)29(20-9-4-3-8-18(20)28-19)16-23(31)27-15-17-7-5-11-32-17/h3-4,6,8-10,12,17,25,28H,5,7,11,13-16H2,1-2H3,(H,27,31)/t17-,25-/m1/s1. The Morgan fingerprint density at radius 3 is 2.85 bits per heavy atom. The van der Waals surface area contributed by atoms with Crippen molar-refractivity contribution in [1.82, 2.24) is 5.32 Å². The van der Waals surface area contributed by atoms with Crippen LogP contribution in [0.15, 0.2) is 53.0 Å². The lowest BCUT2D eigenvalue weighted by atomic mass is 9.74. The summed E-state index contributed by atoms with van der Waals surface area (Å²) in [6.45, 7) is 5.74. The molecule has 1 aliphatic carbocycles. The number of nitrogens with one attached hydrogen (secondary N) is 2. The molecule has 7 heteroatoms. The first kappa shape index (κ1) is 22.2. The fourth-order valence-corrected chi connectivity index (χ4v) is 6.06. The third kappa shape index (κ3) is 4.57. The van der Waals surface area contributed by atoms with Crippen LogP contribution >= 0.6 is 11.3 Å². The Balaban J connectivity index is 1.54. The van der Waals surface area contributed by atoms with Crippen molar-refractivity contribution >= 4 is 34.4 Å². The van der Waals surface area contributed by atoms with Crippen LogP contribution in [0.4, 0.5) is 11.4 Å². The fraction of sp³-hybridized carbons (Fsp3) is 0.462. The monoisotopic (exact) mass is 465 g/mol. The highest BCUT2D eigenvalue weighted by Gasteiger charge is 2.42. The number of ketones is 1. The molecule has 1 saturated heterocycles. The van der Waals surface area contributed by atoms with Gasteiger partial charge in [0.05, 0.1) is 30.1 Å². The van der Waals surface area contributed by atoms with E-state index in [1.807, 2.05) is 35.7 Å². The Morgan fingerprint density at radius 1 is 1.24 bits per heavy atom. The second-order valence-corrected chi connectivity index (χ2v) is 10.9. The molecule has 3 aliphatic rings. The number of nitrogens with zero attached hydrogens (tertiary/aromatic N) is 1. The number of allylic oxidation sites excluding steroid dienone is 1. The number of hydrogen-bond donors (Lipinski definition) is 2. The molecule has 1 aromatic carbocycles. The number of anilines is 2. The van der Waals surface area contributed by atoms with E-state index in [2.05, 4.69) is 35.4 Å². The maximum Gasteiger partial charge on any atom is 0.239 e. The molecule has 2 N–H and O–H groups in total. The number of carbonyl (C=O) groups excluding carboxylic acids is 2. The third-order valence-electron chi connectivity index (χ3n) is 6.68. The minimum atomic E-state index is -0.298. The fourth-order valence-electron chi connectivity index (χ4n) is 5.21. The Kier molecular flexibility index (Phi) is 6.01. The Morgan fingerprint density at radius 2 is 2.09 bits per heavy atom. The molecule has 174 valence electrons. The molecule has 5 rings (SSSR count). The van der Waals surface area contributed by atoms with Crippen molar-refractivity contribution in [2.45, 2.75) is 51.7 Å². The van der Waals surface area contributed by atoms with E-state index in [9.17, 15) is 9.59 Å². The van der Waals surface area contributed by atoms with E-state index < -0.39 is 0 Å². The molecular weight excluding hydrogens is 434 g/mol. The smallest absolute Gasteiger partial charge is 0.239 e. The second kappa shape index (κ2) is 8.95. The molecule has 1 fully saturated rings. The maximum absolute atomic E-state index is 13.5. The van der Waals surface area contributed by atoms with Crippen molar-refractivity contribution in [3.63, 3.8) is 0 Å². The molecule has 2 atom stereocenters. The number of benzene rings is 1. The molecular formula is C26H31N3O3S. The van der Waals surface area contributed by atoms with Gasteiger partial charge in [0, 0.05) is 35.7 Å². The predicted molar refractivity (Wildman–Crippen MR) is 132 cm³/mol. The van der Waals surface area contributed by atoms with E-state index in [-0.39, 0.29) is 35.8 Å². The minimum Gasteiger partial charge on any atom is -0.376 e. The van der Waals surface area contributed by atoms with Gasteiger partial charge >= 0.3 is 0 Å². The minimum absolute atomic E-state index is 0.0607. The lowest BCUT2D eigenvalue weighted by Crippen LogP contribution is -2.43. The Hall–Kier alpha value is -2.64. The normalized spacial score (nSPS) is 24.1. The van der Waals surface area contributed by atoms with Crippen LogP contribution in [0.25, 0.3) is 0 Å². The van der Waals surface area contributed by atoms with Crippen molar-refractivity contribution < 1.29 is 14.3 Å². The summed E-state index contributed by atoms with van der Waals surface area (Å²) in [6, 6.07) is 11.8. The van der Waals surface area contributed by atoms with Gasteiger partial charge in [0.25, 0.3) is 0 Å². The van der Waals surface area contributed by atoms with Gasteiger partial charge in [0.1, 0.15) is 0 Å². The average Bonchev–Trinajstić information content (AvgIpc) is 3.46. The highest BCUT2D eigenvalue weighted by atomic mass is 32.1. The van der Waals surface area contributed by atoms with Crippen molar-refractivity contribution in [3.8, 4) is 0 Å². The lowest BCUT2D eigenvalue weighted by molar-refractivity contribution is -0.121. The highest BCUT2D eigenvalue weighted by Crippen LogP contribution is 2.48. The number of para-hydroxylation sites is 2. The van der Waals surface area contributed by atoms with E-state index in [1.165, 1.54) is 0 Å². The Bertz CT molecular complexity index is 1070. The van der Waals surface area contributed by atoms with Crippen LogP contribution in [-0.2, 0) is 14.3 Å². The van der Waals surface area contributed by atoms with E-state index in [4.69, 9.17) is 4.74 Å². The number of carbonyl (C=O) groups is 2. The molecule has 1 aromatic heterocycles. The number of rotatable bonds is 5. The van der Waals surface area contributed by atoms with Crippen LogP contribution in [-0.4, -0.2) is 37.5 Å². The van der Waals surface area contributed by atoms with E-state index >= 15 is 0 Å². The first-order chi connectivity index (χ1) is 15.9. The summed E-state index contributed by atoms with van der Waals surface area (Å²) >= 11 is 1.63. The predicted octanol–water partition coefficient (Wildman–Crippen LogP) is 4.66. The summed E-state index contributed by atoms with van der Waals surface area (Å²) in [5.74, 6) is 0.0965. The van der Waals surface area contributed by atoms with Gasteiger partial charge in [-0.3, -0.25) is 9.59 Å². The van der Waals surface area contributed by atoms with Crippen LogP contribution in [0.3, 0.4) is 0 Å². The zero-order chi connectivity index (χ0) is 23.0. The van der Waals surface area contributed by atoms with E-state index in [1.54, 1.807) is 11.3 Å². The molecule has 33 heavy (non-hydrogen) atoms. The first-order valence-corrected chi connectivity index (χ1v) is 12.6. The highest BCUT2D eigenvalue weighted by molar-refractivity contribution is 7.10. The quantitative estimate of drug-likeness (QED) is 0.672. The first-order valence-electron chi connectivity index (χ1n) is 11.7. The molecule has 0 bridgehead atoms. The molecule has 2 aromatic rings. The van der Waals surface area contributed by atoms with Gasteiger partial charge in [0.15, 0.2) is 5.78 Å². The molecule has 0 radical (unpaired) electrons. The summed E-state index contributed by atoms with van der Waals surface area (Å²) in [5.41, 5.74) is 3.53. The zero-order valence-corrected chi connectivity index (χ0v) is 20.0. The molecule has 0 spiro atoms. The summed E-state index contributed by atoms with van der Waals surface area (Å²) in [6.07, 6.45) is 3.42. The van der Waals surface area contributed by atoms with Crippen molar-refractivity contribution in [2.24, 2.45) is 5.41 Å². The van der Waals surface area contributed by atoms with Gasteiger partial charge < -0.3 is 20.3 Å². The van der Waals surface area contributed by atoms with E-state index in [0.29, 0.717) is 13.0 Å². The molecule has 6 nitrogen and oxygen atoms in total. The van der Waals surface area contributed by atoms with Crippen molar-refractivity contribution in [3.05, 3.63) is 57.9 Å². The van der Waals surface area contributed by atoms with Crippen LogP contribution in [0, 0.1) is 5.41 Å². The van der Waals surface area contributed by atoms with Crippen LogP contribution in [0.2, 0.25) is 0 Å². The van der Waals surface area contributed by atoms with Crippen LogP contribution in [0.1, 0.15) is 50.4 Å². The summed E-state index contributed by atoms with van der Waals surface area (Å²) in [5, 5.41) is 8.69. The van der Waals surface area contributed by atoms with Crippen LogP contribution < -0.4 is 15.5 Å². The van der Waals surface area contributed by atoms with E-state index in [0.717, 1.165) is 53.4 Å². The van der Waals surface area contributed by atoms with Crippen LogP contribution in [0.5, 0.6) is 0 Å². The number of amides is 1. The van der Waals surface area contributed by atoms with Gasteiger partial charge in [-0.25, -0.2) is 0 Å². The zero-order valence-electron chi connectivity index (χ0n) is 19.2. The number of hydrogen-bond acceptors (Lipinski definition) is 6. The maximum atomic E-state index is 13.5. The van der Waals surface area contributed by atoms with Gasteiger partial charge in [-0.05, 0) is 48.3 Å². The molecule has 2 aliphatic heterocycles. The molecule has 1 amide bonds. The summed E-state index contributed by atoms with van der Waals surface area (Å²) < 4.78 is 5.67. The number of thiophene rings is 1. The molecule has 0 unspecified atom stereocenters. The third-order valence-corrected chi connectivity index (χ3v) is 7.61. The van der Waals surface area contributed by atoms with Gasteiger partial charge in [-0.1, -0.05) is 32.0 Å². The van der Waals surface area contributed by atoms with Crippen molar-refractivity contribution in [1.29, 1.82) is 0 Å². The molecule has 0 saturated carbocycles. The van der Waals surface area contributed by atoms with Gasteiger partial charge in [0.2, 0.25) is 5.91 Å². The summed E-state index contributed by atoms with van der Waals surface area (Å²) in [4.78, 5) is 29.8. The number of ether oxygens (including phenoxy) is 1.